The van der Waals surface area contributed by atoms with Gasteiger partial charge in [-0.1, -0.05) is 31.6 Å². The second-order valence-electron chi connectivity index (χ2n) is 5.60. The van der Waals surface area contributed by atoms with Crippen molar-refractivity contribution in [1.29, 1.82) is 0 Å². The average molecular weight is 290 g/mol. The molecule has 0 aliphatic heterocycles. The zero-order chi connectivity index (χ0) is 15.1. The second-order valence-corrected chi connectivity index (χ2v) is 5.60. The van der Waals surface area contributed by atoms with Gasteiger partial charge < -0.3 is 9.84 Å². The molecule has 0 saturated heterocycles. The summed E-state index contributed by atoms with van der Waals surface area (Å²) in [5.74, 6) is 6.40. The fourth-order valence-corrected chi connectivity index (χ4v) is 2.80. The van der Waals surface area contributed by atoms with Crippen LogP contribution in [0.2, 0.25) is 0 Å². The quantitative estimate of drug-likeness (QED) is 0.852. The van der Waals surface area contributed by atoms with Gasteiger partial charge in [0.1, 0.15) is 11.6 Å². The van der Waals surface area contributed by atoms with E-state index in [-0.39, 0.29) is 18.5 Å². The predicted octanol–water partition coefficient (Wildman–Crippen LogP) is 3.91. The third-order valence-electron chi connectivity index (χ3n) is 4.02. The number of halogens is 1. The molecule has 1 aromatic carbocycles. The van der Waals surface area contributed by atoms with Gasteiger partial charge in [0, 0.05) is 12.5 Å². The van der Waals surface area contributed by atoms with Gasteiger partial charge >= 0.3 is 0 Å². The fourth-order valence-electron chi connectivity index (χ4n) is 2.80. The van der Waals surface area contributed by atoms with Crippen molar-refractivity contribution in [2.75, 3.05) is 6.61 Å². The van der Waals surface area contributed by atoms with Crippen molar-refractivity contribution in [3.63, 3.8) is 0 Å². The Hall–Kier alpha value is -1.53. The molecule has 0 radical (unpaired) electrons. The minimum Gasteiger partial charge on any atom is -0.490 e. The van der Waals surface area contributed by atoms with E-state index in [0.717, 1.165) is 18.8 Å². The standard InChI is InChI=1S/C18H23FO2/c1-2-14-6-5-8-16(12-14)21-17-10-9-15(18(19)13-17)7-3-4-11-20/h9-10,13-14,16,20H,2,4-6,8,11-12H2,1H3. The Balaban J connectivity index is 1.98. The molecule has 114 valence electrons. The van der Waals surface area contributed by atoms with Gasteiger partial charge in [-0.25, -0.2) is 4.39 Å². The van der Waals surface area contributed by atoms with Crippen LogP contribution in [0, 0.1) is 23.6 Å². The summed E-state index contributed by atoms with van der Waals surface area (Å²) >= 11 is 0. The SMILES string of the molecule is CCC1CCCC(Oc2ccc(C#CCCO)c(F)c2)C1. The molecule has 1 aliphatic rings. The van der Waals surface area contributed by atoms with Crippen molar-refractivity contribution in [2.24, 2.45) is 5.92 Å². The Bertz CT molecular complexity index is 516. The first-order valence-electron chi connectivity index (χ1n) is 7.78. The molecule has 2 unspecified atom stereocenters. The number of benzene rings is 1. The Morgan fingerprint density at radius 1 is 1.38 bits per heavy atom. The molecular formula is C18H23FO2. The van der Waals surface area contributed by atoms with Crippen molar-refractivity contribution < 1.29 is 14.2 Å². The van der Waals surface area contributed by atoms with Gasteiger partial charge in [-0.15, -0.1) is 0 Å². The average Bonchev–Trinajstić information content (AvgIpc) is 2.50. The van der Waals surface area contributed by atoms with Crippen LogP contribution in [0.15, 0.2) is 18.2 Å². The zero-order valence-corrected chi connectivity index (χ0v) is 12.6. The van der Waals surface area contributed by atoms with E-state index in [9.17, 15) is 4.39 Å². The molecule has 0 amide bonds. The first-order valence-corrected chi connectivity index (χ1v) is 7.78. The molecule has 1 aromatic rings. The van der Waals surface area contributed by atoms with Crippen LogP contribution in [0.3, 0.4) is 0 Å². The monoisotopic (exact) mass is 290 g/mol. The molecule has 1 saturated carbocycles. The summed E-state index contributed by atoms with van der Waals surface area (Å²) in [6.07, 6.45) is 6.34. The Labute approximate surface area is 126 Å². The lowest BCUT2D eigenvalue weighted by molar-refractivity contribution is 0.121. The summed E-state index contributed by atoms with van der Waals surface area (Å²) in [4.78, 5) is 0. The van der Waals surface area contributed by atoms with Gasteiger partial charge in [-0.05, 0) is 37.3 Å². The lowest BCUT2D eigenvalue weighted by atomic mass is 9.85. The molecule has 1 fully saturated rings. The van der Waals surface area contributed by atoms with Crippen molar-refractivity contribution >= 4 is 0 Å². The van der Waals surface area contributed by atoms with E-state index in [1.54, 1.807) is 12.1 Å². The highest BCUT2D eigenvalue weighted by atomic mass is 19.1. The van der Waals surface area contributed by atoms with Crippen LogP contribution in [0.25, 0.3) is 0 Å². The summed E-state index contributed by atoms with van der Waals surface area (Å²) < 4.78 is 19.9. The van der Waals surface area contributed by atoms with Crippen LogP contribution in [0.4, 0.5) is 4.39 Å². The van der Waals surface area contributed by atoms with Crippen molar-refractivity contribution in [2.45, 2.75) is 51.6 Å². The highest BCUT2D eigenvalue weighted by Gasteiger charge is 2.22. The van der Waals surface area contributed by atoms with Gasteiger partial charge in [0.05, 0.1) is 18.3 Å². The number of ether oxygens (including phenoxy) is 1. The summed E-state index contributed by atoms with van der Waals surface area (Å²) in [6.45, 7) is 2.21. The maximum absolute atomic E-state index is 13.9. The molecule has 2 rings (SSSR count). The topological polar surface area (TPSA) is 29.5 Å². The molecule has 0 heterocycles. The van der Waals surface area contributed by atoms with E-state index < -0.39 is 0 Å². The van der Waals surface area contributed by atoms with Gasteiger partial charge in [-0.2, -0.15) is 0 Å². The molecule has 21 heavy (non-hydrogen) atoms. The molecular weight excluding hydrogens is 267 g/mol. The molecule has 0 aromatic heterocycles. The Morgan fingerprint density at radius 3 is 2.95 bits per heavy atom. The van der Waals surface area contributed by atoms with Crippen LogP contribution in [0.1, 0.15) is 51.0 Å². The van der Waals surface area contributed by atoms with Crippen molar-refractivity contribution in [3.8, 4) is 17.6 Å². The molecule has 3 heteroatoms. The van der Waals surface area contributed by atoms with Crippen molar-refractivity contribution in [1.82, 2.24) is 0 Å². The minimum atomic E-state index is -0.360. The van der Waals surface area contributed by atoms with E-state index in [0.29, 0.717) is 17.7 Å². The largest absolute Gasteiger partial charge is 0.490 e. The smallest absolute Gasteiger partial charge is 0.142 e. The van der Waals surface area contributed by atoms with E-state index >= 15 is 0 Å². The number of aliphatic hydroxyl groups excluding tert-OH is 1. The van der Waals surface area contributed by atoms with Gasteiger partial charge in [0.2, 0.25) is 0 Å². The van der Waals surface area contributed by atoms with E-state index in [1.807, 2.05) is 0 Å². The normalized spacial score (nSPS) is 21.5. The highest BCUT2D eigenvalue weighted by Crippen LogP contribution is 2.30. The number of rotatable bonds is 4. The molecule has 0 spiro atoms. The molecule has 1 N–H and O–H groups in total. The summed E-state index contributed by atoms with van der Waals surface area (Å²) in [6, 6.07) is 4.84. The summed E-state index contributed by atoms with van der Waals surface area (Å²) in [7, 11) is 0. The first-order chi connectivity index (χ1) is 10.2. The van der Waals surface area contributed by atoms with E-state index in [2.05, 4.69) is 18.8 Å². The van der Waals surface area contributed by atoms with Crippen LogP contribution in [-0.2, 0) is 0 Å². The van der Waals surface area contributed by atoms with Crippen LogP contribution in [-0.4, -0.2) is 17.8 Å². The van der Waals surface area contributed by atoms with E-state index in [1.165, 1.54) is 25.3 Å². The Morgan fingerprint density at radius 2 is 2.24 bits per heavy atom. The number of hydrogen-bond donors (Lipinski definition) is 1. The minimum absolute atomic E-state index is 0.00388. The summed E-state index contributed by atoms with van der Waals surface area (Å²) in [5, 5.41) is 8.67. The zero-order valence-electron chi connectivity index (χ0n) is 12.6. The van der Waals surface area contributed by atoms with Gasteiger partial charge in [0.25, 0.3) is 0 Å². The highest BCUT2D eigenvalue weighted by molar-refractivity contribution is 5.39. The lowest BCUT2D eigenvalue weighted by Crippen LogP contribution is -2.25. The Kier molecular flexibility index (Phi) is 6.07. The fraction of sp³-hybridized carbons (Fsp3) is 0.556. The van der Waals surface area contributed by atoms with Gasteiger partial charge in [-0.3, -0.25) is 0 Å². The maximum Gasteiger partial charge on any atom is 0.142 e. The molecule has 1 aliphatic carbocycles. The number of hydrogen-bond acceptors (Lipinski definition) is 2. The van der Waals surface area contributed by atoms with Crippen LogP contribution >= 0.6 is 0 Å². The first kappa shape index (κ1) is 15.9. The van der Waals surface area contributed by atoms with Crippen LogP contribution < -0.4 is 4.74 Å². The van der Waals surface area contributed by atoms with Crippen LogP contribution in [0.5, 0.6) is 5.75 Å². The predicted molar refractivity (Wildman–Crippen MR) is 81.6 cm³/mol. The third kappa shape index (κ3) is 4.75. The molecule has 2 atom stereocenters. The van der Waals surface area contributed by atoms with Gasteiger partial charge in [0.15, 0.2) is 0 Å². The maximum atomic E-state index is 13.9. The number of aliphatic hydroxyl groups is 1. The third-order valence-corrected chi connectivity index (χ3v) is 4.02. The summed E-state index contributed by atoms with van der Waals surface area (Å²) in [5.41, 5.74) is 0.353. The van der Waals surface area contributed by atoms with Crippen molar-refractivity contribution in [3.05, 3.63) is 29.6 Å². The molecule has 2 nitrogen and oxygen atoms in total. The van der Waals surface area contributed by atoms with E-state index in [4.69, 9.17) is 9.84 Å². The molecule has 0 bridgehead atoms. The second kappa shape index (κ2) is 8.05. The lowest BCUT2D eigenvalue weighted by Gasteiger charge is -2.29.